The van der Waals surface area contributed by atoms with Gasteiger partial charge in [0.1, 0.15) is 6.04 Å². The Morgan fingerprint density at radius 3 is 2.52 bits per heavy atom. The van der Waals surface area contributed by atoms with E-state index in [1.807, 2.05) is 36.4 Å². The molecule has 0 fully saturated rings. The van der Waals surface area contributed by atoms with Gasteiger partial charge in [0.2, 0.25) is 0 Å². The van der Waals surface area contributed by atoms with Crippen LogP contribution in [0.25, 0.3) is 0 Å². The number of carboxylic acid groups (broad SMARTS) is 1. The summed E-state index contributed by atoms with van der Waals surface area (Å²) in [6, 6.07) is 14.0. The number of carboxylic acids is 1. The summed E-state index contributed by atoms with van der Waals surface area (Å²) >= 11 is 0. The van der Waals surface area contributed by atoms with Crippen molar-refractivity contribution in [1.29, 1.82) is 0 Å². The Balaban J connectivity index is 0.00000192. The van der Waals surface area contributed by atoms with Gasteiger partial charge in [0.05, 0.1) is 0 Å². The van der Waals surface area contributed by atoms with Crippen molar-refractivity contribution in [2.24, 2.45) is 0 Å². The van der Waals surface area contributed by atoms with Crippen molar-refractivity contribution in [1.82, 2.24) is 5.32 Å². The SMILES string of the molecule is O=C(Nc1ccc2c(c1)CNC(C(=O)O)C2)c1ccccc1.[W]. The number of hydrogen-bond donors (Lipinski definition) is 3. The first kappa shape index (κ1) is 17.4. The molecule has 118 valence electrons. The first-order chi connectivity index (χ1) is 10.6. The Labute approximate surface area is 148 Å². The van der Waals surface area contributed by atoms with E-state index in [0.29, 0.717) is 24.2 Å². The number of carbonyl (C=O) groups is 2. The molecule has 1 unspecified atom stereocenters. The molecule has 1 aliphatic rings. The van der Waals surface area contributed by atoms with Gasteiger partial charge in [-0.1, -0.05) is 24.3 Å². The van der Waals surface area contributed by atoms with E-state index in [-0.39, 0.29) is 27.0 Å². The van der Waals surface area contributed by atoms with Gasteiger partial charge in [-0.05, 0) is 41.8 Å². The summed E-state index contributed by atoms with van der Waals surface area (Å²) in [5.74, 6) is -1.00. The number of nitrogens with one attached hydrogen (secondary N) is 2. The van der Waals surface area contributed by atoms with Crippen LogP contribution in [-0.2, 0) is 38.8 Å². The zero-order valence-corrected chi connectivity index (χ0v) is 15.2. The van der Waals surface area contributed by atoms with Crippen molar-refractivity contribution in [2.75, 3.05) is 5.32 Å². The maximum atomic E-state index is 12.1. The normalized spacial score (nSPS) is 15.9. The van der Waals surface area contributed by atoms with Crippen LogP contribution >= 0.6 is 0 Å². The molecular weight excluding hydrogens is 464 g/mol. The summed E-state index contributed by atoms with van der Waals surface area (Å²) in [5, 5.41) is 14.9. The number of benzene rings is 2. The summed E-state index contributed by atoms with van der Waals surface area (Å²) in [4.78, 5) is 23.1. The van der Waals surface area contributed by atoms with Crippen molar-refractivity contribution in [3.8, 4) is 0 Å². The van der Waals surface area contributed by atoms with Crippen molar-refractivity contribution in [3.63, 3.8) is 0 Å². The van der Waals surface area contributed by atoms with Gasteiger partial charge in [-0.3, -0.25) is 9.59 Å². The Hall–Kier alpha value is -1.97. The largest absolute Gasteiger partial charge is 0.480 e. The van der Waals surface area contributed by atoms with Crippen LogP contribution in [0.5, 0.6) is 0 Å². The second kappa shape index (κ2) is 7.53. The Kier molecular flexibility index (Phi) is 5.69. The summed E-state index contributed by atoms with van der Waals surface area (Å²) < 4.78 is 0. The van der Waals surface area contributed by atoms with E-state index < -0.39 is 12.0 Å². The van der Waals surface area contributed by atoms with E-state index in [2.05, 4.69) is 10.6 Å². The smallest absolute Gasteiger partial charge is 0.321 e. The average Bonchev–Trinajstić information content (AvgIpc) is 2.55. The van der Waals surface area contributed by atoms with E-state index in [4.69, 9.17) is 5.11 Å². The van der Waals surface area contributed by atoms with Crippen LogP contribution in [0.2, 0.25) is 0 Å². The number of amides is 1. The topological polar surface area (TPSA) is 78.4 Å². The molecule has 1 heterocycles. The number of aliphatic carboxylic acids is 1. The van der Waals surface area contributed by atoms with Gasteiger partial charge in [0.15, 0.2) is 0 Å². The molecular formula is C17H16N2O3W. The van der Waals surface area contributed by atoms with Gasteiger partial charge >= 0.3 is 5.97 Å². The number of carbonyl (C=O) groups excluding carboxylic acids is 1. The molecule has 1 amide bonds. The molecule has 1 atom stereocenters. The zero-order chi connectivity index (χ0) is 15.5. The van der Waals surface area contributed by atoms with Gasteiger partial charge in [-0.2, -0.15) is 0 Å². The van der Waals surface area contributed by atoms with E-state index in [1.165, 1.54) is 0 Å². The van der Waals surface area contributed by atoms with Crippen molar-refractivity contribution in [3.05, 3.63) is 65.2 Å². The van der Waals surface area contributed by atoms with Crippen LogP contribution in [0.3, 0.4) is 0 Å². The minimum atomic E-state index is -0.841. The van der Waals surface area contributed by atoms with E-state index in [0.717, 1.165) is 11.1 Å². The third kappa shape index (κ3) is 4.06. The van der Waals surface area contributed by atoms with Crippen molar-refractivity contribution >= 4 is 17.6 Å². The van der Waals surface area contributed by atoms with Crippen LogP contribution < -0.4 is 10.6 Å². The molecule has 2 aromatic rings. The molecule has 0 saturated carbocycles. The Morgan fingerprint density at radius 2 is 1.83 bits per heavy atom. The Morgan fingerprint density at radius 1 is 1.09 bits per heavy atom. The van der Waals surface area contributed by atoms with Crippen LogP contribution in [-0.4, -0.2) is 23.0 Å². The predicted octanol–water partition coefficient (Wildman–Crippen LogP) is 2.04. The fraction of sp³-hybridized carbons (Fsp3) is 0.176. The molecule has 0 aliphatic carbocycles. The first-order valence-electron chi connectivity index (χ1n) is 7.08. The second-order valence-corrected chi connectivity index (χ2v) is 5.28. The van der Waals surface area contributed by atoms with E-state index in [9.17, 15) is 9.59 Å². The summed E-state index contributed by atoms with van der Waals surface area (Å²) in [7, 11) is 0. The van der Waals surface area contributed by atoms with Gasteiger partial charge in [0.25, 0.3) is 5.91 Å². The van der Waals surface area contributed by atoms with Crippen LogP contribution in [0.1, 0.15) is 21.5 Å². The maximum absolute atomic E-state index is 12.1. The summed E-state index contributed by atoms with van der Waals surface area (Å²) in [6.07, 6.45) is 0.456. The third-order valence-corrected chi connectivity index (χ3v) is 3.76. The summed E-state index contributed by atoms with van der Waals surface area (Å²) in [6.45, 7) is 0.487. The summed E-state index contributed by atoms with van der Waals surface area (Å²) in [5.41, 5.74) is 3.33. The minimum absolute atomic E-state index is 0. The third-order valence-electron chi connectivity index (χ3n) is 3.76. The van der Waals surface area contributed by atoms with Crippen LogP contribution in [0.4, 0.5) is 5.69 Å². The van der Waals surface area contributed by atoms with Crippen molar-refractivity contribution in [2.45, 2.75) is 19.0 Å². The number of fused-ring (bicyclic) bond motifs is 1. The Bertz CT molecular complexity index is 719. The van der Waals surface area contributed by atoms with E-state index >= 15 is 0 Å². The average molecular weight is 480 g/mol. The fourth-order valence-electron chi connectivity index (χ4n) is 2.56. The first-order valence-corrected chi connectivity index (χ1v) is 7.08. The van der Waals surface area contributed by atoms with Gasteiger partial charge in [0, 0.05) is 38.9 Å². The zero-order valence-electron chi connectivity index (χ0n) is 12.3. The van der Waals surface area contributed by atoms with E-state index in [1.54, 1.807) is 12.1 Å². The molecule has 5 nitrogen and oxygen atoms in total. The van der Waals surface area contributed by atoms with Gasteiger partial charge in [-0.25, -0.2) is 0 Å². The predicted molar refractivity (Wildman–Crippen MR) is 82.8 cm³/mol. The second-order valence-electron chi connectivity index (χ2n) is 5.28. The fourth-order valence-corrected chi connectivity index (χ4v) is 2.56. The molecule has 6 heteroatoms. The monoisotopic (exact) mass is 480 g/mol. The molecule has 0 aromatic heterocycles. The van der Waals surface area contributed by atoms with Gasteiger partial charge < -0.3 is 15.7 Å². The number of rotatable bonds is 3. The maximum Gasteiger partial charge on any atom is 0.321 e. The number of anilines is 1. The number of hydrogen-bond acceptors (Lipinski definition) is 3. The quantitative estimate of drug-likeness (QED) is 0.629. The minimum Gasteiger partial charge on any atom is -0.480 e. The molecule has 0 spiro atoms. The molecule has 0 saturated heterocycles. The molecule has 2 aromatic carbocycles. The van der Waals surface area contributed by atoms with Gasteiger partial charge in [-0.15, -0.1) is 0 Å². The van der Waals surface area contributed by atoms with Crippen molar-refractivity contribution < 1.29 is 35.8 Å². The molecule has 3 N–H and O–H groups in total. The molecule has 3 rings (SSSR count). The molecule has 0 radical (unpaired) electrons. The van der Waals surface area contributed by atoms with Crippen LogP contribution in [0.15, 0.2) is 48.5 Å². The van der Waals surface area contributed by atoms with Crippen LogP contribution in [0, 0.1) is 0 Å². The molecule has 1 aliphatic heterocycles. The molecule has 0 bridgehead atoms. The standard InChI is InChI=1S/C17H16N2O3.W/c20-16(11-4-2-1-3-5-11)19-14-7-6-12-9-15(17(21)22)18-10-13(12)8-14;/h1-8,15,18H,9-10H2,(H,19,20)(H,21,22);. The molecule has 23 heavy (non-hydrogen) atoms.